The number of sulfonamides is 1. The summed E-state index contributed by atoms with van der Waals surface area (Å²) < 4.78 is 45.5. The smallest absolute Gasteiger partial charge is 0.265 e. The molecule has 3 heterocycles. The largest absolute Gasteiger partial charge is 0.378 e. The molecule has 2 aliphatic heterocycles. The Bertz CT molecular complexity index is 883. The standard InChI is InChI=1S/C16H17FN4O3S/c17-13-1-3-14(4-2-13)25(22,23)21-6-5-12-11-18-16(19-15(12)21)20-7-9-24-10-8-20/h1-4,11H,5-10H2. The van der Waals surface area contributed by atoms with E-state index < -0.39 is 15.8 Å². The van der Waals surface area contributed by atoms with Crippen LogP contribution in [-0.4, -0.2) is 51.2 Å². The Labute approximate surface area is 145 Å². The fraction of sp³-hybridized carbons (Fsp3) is 0.375. The summed E-state index contributed by atoms with van der Waals surface area (Å²) in [6.07, 6.45) is 2.24. The third kappa shape index (κ3) is 2.93. The predicted molar refractivity (Wildman–Crippen MR) is 89.7 cm³/mol. The number of fused-ring (bicyclic) bond motifs is 1. The summed E-state index contributed by atoms with van der Waals surface area (Å²) in [6.45, 7) is 2.83. The zero-order chi connectivity index (χ0) is 17.4. The predicted octanol–water partition coefficient (Wildman–Crippen LogP) is 1.20. The minimum atomic E-state index is -3.78. The minimum absolute atomic E-state index is 0.0493. The maximum Gasteiger partial charge on any atom is 0.265 e. The number of hydrogen-bond donors (Lipinski definition) is 0. The van der Waals surface area contributed by atoms with Crippen LogP contribution in [0.3, 0.4) is 0 Å². The summed E-state index contributed by atoms with van der Waals surface area (Å²) in [7, 11) is -3.78. The average molecular weight is 364 g/mol. The van der Waals surface area contributed by atoms with Gasteiger partial charge in [0, 0.05) is 31.4 Å². The van der Waals surface area contributed by atoms with Crippen LogP contribution >= 0.6 is 0 Å². The van der Waals surface area contributed by atoms with Crippen molar-refractivity contribution in [1.82, 2.24) is 9.97 Å². The number of nitrogens with zero attached hydrogens (tertiary/aromatic N) is 4. The van der Waals surface area contributed by atoms with Crippen molar-refractivity contribution < 1.29 is 17.5 Å². The Morgan fingerprint density at radius 1 is 1.08 bits per heavy atom. The van der Waals surface area contributed by atoms with Crippen LogP contribution in [0.2, 0.25) is 0 Å². The lowest BCUT2D eigenvalue weighted by molar-refractivity contribution is 0.122. The molecule has 1 aromatic carbocycles. The lowest BCUT2D eigenvalue weighted by Crippen LogP contribution is -2.37. The second kappa shape index (κ2) is 6.23. The van der Waals surface area contributed by atoms with Gasteiger partial charge in [0.05, 0.1) is 18.1 Å². The van der Waals surface area contributed by atoms with Gasteiger partial charge in [-0.3, -0.25) is 0 Å². The lowest BCUT2D eigenvalue weighted by atomic mass is 10.3. The first kappa shape index (κ1) is 16.2. The fourth-order valence-electron chi connectivity index (χ4n) is 2.99. The van der Waals surface area contributed by atoms with Gasteiger partial charge in [-0.1, -0.05) is 0 Å². The highest BCUT2D eigenvalue weighted by Gasteiger charge is 2.33. The van der Waals surface area contributed by atoms with Crippen molar-refractivity contribution in [3.63, 3.8) is 0 Å². The first-order valence-corrected chi connectivity index (χ1v) is 9.46. The molecule has 9 heteroatoms. The van der Waals surface area contributed by atoms with Crippen molar-refractivity contribution in [2.24, 2.45) is 0 Å². The molecule has 0 amide bonds. The first-order valence-electron chi connectivity index (χ1n) is 8.02. The Balaban J connectivity index is 1.69. The zero-order valence-corrected chi connectivity index (χ0v) is 14.2. The van der Waals surface area contributed by atoms with Crippen molar-refractivity contribution in [3.8, 4) is 0 Å². The molecule has 0 spiro atoms. The maximum absolute atomic E-state index is 13.1. The van der Waals surface area contributed by atoms with E-state index in [1.807, 2.05) is 4.90 Å². The van der Waals surface area contributed by atoms with E-state index in [9.17, 15) is 12.8 Å². The molecule has 2 aromatic rings. The van der Waals surface area contributed by atoms with Crippen LogP contribution in [0.15, 0.2) is 35.4 Å². The molecule has 0 atom stereocenters. The summed E-state index contributed by atoms with van der Waals surface area (Å²) in [5, 5.41) is 0. The second-order valence-electron chi connectivity index (χ2n) is 5.90. The number of rotatable bonds is 3. The van der Waals surface area contributed by atoms with Crippen molar-refractivity contribution in [3.05, 3.63) is 41.8 Å². The number of anilines is 2. The third-order valence-corrected chi connectivity index (χ3v) is 6.15. The van der Waals surface area contributed by atoms with Crippen LogP contribution in [0.25, 0.3) is 0 Å². The van der Waals surface area contributed by atoms with Gasteiger partial charge in [0.25, 0.3) is 10.0 Å². The fourth-order valence-corrected chi connectivity index (χ4v) is 4.44. The molecule has 4 rings (SSSR count). The van der Waals surface area contributed by atoms with Crippen molar-refractivity contribution >= 4 is 21.8 Å². The Morgan fingerprint density at radius 3 is 2.52 bits per heavy atom. The number of benzene rings is 1. The average Bonchev–Trinajstić information content (AvgIpc) is 3.07. The molecule has 0 aliphatic carbocycles. The van der Waals surface area contributed by atoms with E-state index in [-0.39, 0.29) is 4.90 Å². The van der Waals surface area contributed by atoms with Crippen LogP contribution in [-0.2, 0) is 21.2 Å². The Hall–Kier alpha value is -2.26. The van der Waals surface area contributed by atoms with Gasteiger partial charge in [0.15, 0.2) is 5.82 Å². The van der Waals surface area contributed by atoms with Gasteiger partial charge in [-0.15, -0.1) is 0 Å². The van der Waals surface area contributed by atoms with Crippen LogP contribution in [0.1, 0.15) is 5.56 Å². The molecule has 0 radical (unpaired) electrons. The summed E-state index contributed by atoms with van der Waals surface area (Å²) >= 11 is 0. The molecule has 0 bridgehead atoms. The van der Waals surface area contributed by atoms with Crippen LogP contribution in [0, 0.1) is 5.82 Å². The van der Waals surface area contributed by atoms with Gasteiger partial charge >= 0.3 is 0 Å². The molecule has 0 unspecified atom stereocenters. The quantitative estimate of drug-likeness (QED) is 0.815. The van der Waals surface area contributed by atoms with Gasteiger partial charge < -0.3 is 9.64 Å². The van der Waals surface area contributed by atoms with E-state index in [4.69, 9.17) is 4.74 Å². The summed E-state index contributed by atoms with van der Waals surface area (Å²) in [6, 6.07) is 4.82. The Morgan fingerprint density at radius 2 is 1.80 bits per heavy atom. The van der Waals surface area contributed by atoms with E-state index in [1.165, 1.54) is 16.4 Å². The summed E-state index contributed by atoms with van der Waals surface area (Å²) in [5.41, 5.74) is 0.794. The number of morpholine rings is 1. The number of halogens is 1. The first-order chi connectivity index (χ1) is 12.1. The van der Waals surface area contributed by atoms with Gasteiger partial charge in [-0.05, 0) is 30.7 Å². The molecule has 1 saturated heterocycles. The third-order valence-electron chi connectivity index (χ3n) is 4.35. The van der Waals surface area contributed by atoms with E-state index in [1.54, 1.807) is 6.20 Å². The highest BCUT2D eigenvalue weighted by Crippen LogP contribution is 2.32. The monoisotopic (exact) mass is 364 g/mol. The van der Waals surface area contributed by atoms with E-state index in [2.05, 4.69) is 9.97 Å². The molecule has 1 aromatic heterocycles. The number of ether oxygens (including phenoxy) is 1. The normalized spacial score (nSPS) is 17.6. The van der Waals surface area contributed by atoms with Gasteiger partial charge in [0.1, 0.15) is 5.82 Å². The van der Waals surface area contributed by atoms with Crippen molar-refractivity contribution in [2.75, 3.05) is 42.1 Å². The van der Waals surface area contributed by atoms with Crippen LogP contribution in [0.5, 0.6) is 0 Å². The van der Waals surface area contributed by atoms with Crippen LogP contribution in [0.4, 0.5) is 16.2 Å². The molecule has 0 N–H and O–H groups in total. The van der Waals surface area contributed by atoms with E-state index in [0.29, 0.717) is 51.0 Å². The molecule has 2 aliphatic rings. The molecular weight excluding hydrogens is 347 g/mol. The zero-order valence-electron chi connectivity index (χ0n) is 13.4. The van der Waals surface area contributed by atoms with Gasteiger partial charge in [-0.2, -0.15) is 4.98 Å². The van der Waals surface area contributed by atoms with E-state index >= 15 is 0 Å². The Kier molecular flexibility index (Phi) is 4.04. The second-order valence-corrected chi connectivity index (χ2v) is 7.76. The highest BCUT2D eigenvalue weighted by atomic mass is 32.2. The maximum atomic E-state index is 13.1. The molecular formula is C16H17FN4O3S. The summed E-state index contributed by atoms with van der Waals surface area (Å²) in [5.74, 6) is 0.432. The number of hydrogen-bond acceptors (Lipinski definition) is 6. The van der Waals surface area contributed by atoms with Crippen molar-refractivity contribution in [1.29, 1.82) is 0 Å². The highest BCUT2D eigenvalue weighted by molar-refractivity contribution is 7.92. The molecule has 25 heavy (non-hydrogen) atoms. The molecule has 1 fully saturated rings. The van der Waals surface area contributed by atoms with Gasteiger partial charge in [-0.25, -0.2) is 22.1 Å². The van der Waals surface area contributed by atoms with Crippen molar-refractivity contribution in [2.45, 2.75) is 11.3 Å². The SMILES string of the molecule is O=S(=O)(c1ccc(F)cc1)N1CCc2cnc(N3CCOCC3)nc21. The van der Waals surface area contributed by atoms with Crippen LogP contribution < -0.4 is 9.21 Å². The lowest BCUT2D eigenvalue weighted by Gasteiger charge is -2.27. The van der Waals surface area contributed by atoms with E-state index in [0.717, 1.165) is 17.7 Å². The topological polar surface area (TPSA) is 75.6 Å². The molecule has 0 saturated carbocycles. The molecule has 7 nitrogen and oxygen atoms in total. The van der Waals surface area contributed by atoms with Gasteiger partial charge in [0.2, 0.25) is 5.95 Å². The summed E-state index contributed by atoms with van der Waals surface area (Å²) in [4.78, 5) is 10.9. The number of aromatic nitrogens is 2. The minimum Gasteiger partial charge on any atom is -0.378 e. The molecule has 132 valence electrons.